The summed E-state index contributed by atoms with van der Waals surface area (Å²) in [5.74, 6) is 0.871. The molecule has 0 radical (unpaired) electrons. The Morgan fingerprint density at radius 3 is 2.38 bits per heavy atom. The number of rotatable bonds is 3. The lowest BCUT2D eigenvalue weighted by molar-refractivity contribution is 0.112. The molecule has 0 bridgehead atoms. The van der Waals surface area contributed by atoms with E-state index in [1.807, 2.05) is 12.1 Å². The number of ether oxygens (including phenoxy) is 1. The van der Waals surface area contributed by atoms with Crippen LogP contribution in [0.5, 0.6) is 5.75 Å². The summed E-state index contributed by atoms with van der Waals surface area (Å²) in [6.45, 7) is 0. The molecule has 0 aliphatic heterocycles. The molecule has 1 fully saturated rings. The molecule has 2 nitrogen and oxygen atoms in total. The predicted molar refractivity (Wildman–Crippen MR) is 50.1 cm³/mol. The SMILES string of the molecule is O=Cc1ccc(OC2CCC2)cc1. The Balaban J connectivity index is 2.00. The molecule has 1 saturated carbocycles. The van der Waals surface area contributed by atoms with Crippen molar-refractivity contribution in [1.29, 1.82) is 0 Å². The van der Waals surface area contributed by atoms with Gasteiger partial charge in [-0.2, -0.15) is 0 Å². The summed E-state index contributed by atoms with van der Waals surface area (Å²) in [5, 5.41) is 0. The summed E-state index contributed by atoms with van der Waals surface area (Å²) in [5.41, 5.74) is 0.695. The van der Waals surface area contributed by atoms with Gasteiger partial charge >= 0.3 is 0 Å². The first-order valence-electron chi connectivity index (χ1n) is 4.60. The van der Waals surface area contributed by atoms with Crippen molar-refractivity contribution in [1.82, 2.24) is 0 Å². The van der Waals surface area contributed by atoms with E-state index in [0.29, 0.717) is 11.7 Å². The molecule has 0 aromatic heterocycles. The molecule has 0 spiro atoms. The molecule has 0 unspecified atom stereocenters. The van der Waals surface area contributed by atoms with Crippen LogP contribution in [0.2, 0.25) is 0 Å². The molecule has 0 saturated heterocycles. The van der Waals surface area contributed by atoms with Crippen LogP contribution < -0.4 is 4.74 Å². The summed E-state index contributed by atoms with van der Waals surface area (Å²) in [7, 11) is 0. The molecule has 68 valence electrons. The smallest absolute Gasteiger partial charge is 0.150 e. The summed E-state index contributed by atoms with van der Waals surface area (Å²) in [6, 6.07) is 7.26. The minimum absolute atomic E-state index is 0.405. The van der Waals surface area contributed by atoms with Crippen LogP contribution >= 0.6 is 0 Å². The fraction of sp³-hybridized carbons (Fsp3) is 0.364. The first-order chi connectivity index (χ1) is 6.38. The van der Waals surface area contributed by atoms with E-state index in [1.54, 1.807) is 12.1 Å². The van der Waals surface area contributed by atoms with Crippen LogP contribution in [0, 0.1) is 0 Å². The largest absolute Gasteiger partial charge is 0.490 e. The zero-order chi connectivity index (χ0) is 9.10. The van der Waals surface area contributed by atoms with E-state index in [1.165, 1.54) is 6.42 Å². The van der Waals surface area contributed by atoms with E-state index in [0.717, 1.165) is 24.9 Å². The van der Waals surface area contributed by atoms with Gasteiger partial charge in [0.1, 0.15) is 12.0 Å². The molecule has 1 aromatic carbocycles. The Morgan fingerprint density at radius 2 is 1.92 bits per heavy atom. The lowest BCUT2D eigenvalue weighted by Crippen LogP contribution is -2.24. The molecule has 0 N–H and O–H groups in total. The average Bonchev–Trinajstić information content (AvgIpc) is 2.12. The van der Waals surface area contributed by atoms with Crippen LogP contribution in [-0.4, -0.2) is 12.4 Å². The van der Waals surface area contributed by atoms with Gasteiger partial charge in [0.25, 0.3) is 0 Å². The van der Waals surface area contributed by atoms with Crippen molar-refractivity contribution in [3.63, 3.8) is 0 Å². The van der Waals surface area contributed by atoms with Crippen molar-refractivity contribution in [2.75, 3.05) is 0 Å². The third-order valence-corrected chi connectivity index (χ3v) is 2.37. The van der Waals surface area contributed by atoms with Gasteiger partial charge in [-0.3, -0.25) is 4.79 Å². The summed E-state index contributed by atoms with van der Waals surface area (Å²) in [4.78, 5) is 10.4. The third kappa shape index (κ3) is 1.89. The number of aldehydes is 1. The highest BCUT2D eigenvalue weighted by Gasteiger charge is 2.18. The van der Waals surface area contributed by atoms with E-state index in [2.05, 4.69) is 0 Å². The minimum atomic E-state index is 0.405. The highest BCUT2D eigenvalue weighted by molar-refractivity contribution is 5.74. The van der Waals surface area contributed by atoms with Gasteiger partial charge in [-0.25, -0.2) is 0 Å². The van der Waals surface area contributed by atoms with Gasteiger partial charge in [-0.05, 0) is 43.5 Å². The summed E-state index contributed by atoms with van der Waals surface area (Å²) >= 11 is 0. The Kier molecular flexibility index (Phi) is 2.30. The highest BCUT2D eigenvalue weighted by Crippen LogP contribution is 2.24. The van der Waals surface area contributed by atoms with E-state index >= 15 is 0 Å². The van der Waals surface area contributed by atoms with E-state index in [-0.39, 0.29) is 0 Å². The Bertz CT molecular complexity index is 285. The topological polar surface area (TPSA) is 26.3 Å². The normalized spacial score (nSPS) is 16.3. The van der Waals surface area contributed by atoms with Gasteiger partial charge in [-0.1, -0.05) is 0 Å². The quantitative estimate of drug-likeness (QED) is 0.661. The number of hydrogen-bond donors (Lipinski definition) is 0. The van der Waals surface area contributed by atoms with Gasteiger partial charge in [0.05, 0.1) is 6.10 Å². The van der Waals surface area contributed by atoms with Crippen molar-refractivity contribution in [3.8, 4) is 5.75 Å². The van der Waals surface area contributed by atoms with Crippen LogP contribution in [0.25, 0.3) is 0 Å². The highest BCUT2D eigenvalue weighted by atomic mass is 16.5. The first kappa shape index (κ1) is 8.30. The van der Waals surface area contributed by atoms with Crippen molar-refractivity contribution < 1.29 is 9.53 Å². The van der Waals surface area contributed by atoms with Crippen molar-refractivity contribution in [2.24, 2.45) is 0 Å². The number of carbonyl (C=O) groups is 1. The third-order valence-electron chi connectivity index (χ3n) is 2.37. The molecular weight excluding hydrogens is 164 g/mol. The molecule has 1 aliphatic carbocycles. The molecule has 2 rings (SSSR count). The second kappa shape index (κ2) is 3.60. The standard InChI is InChI=1S/C11H12O2/c12-8-9-4-6-11(7-5-9)13-10-2-1-3-10/h4-8,10H,1-3H2. The Morgan fingerprint density at radius 1 is 1.23 bits per heavy atom. The van der Waals surface area contributed by atoms with E-state index in [9.17, 15) is 4.79 Å². The van der Waals surface area contributed by atoms with Gasteiger partial charge < -0.3 is 4.74 Å². The second-order valence-corrected chi connectivity index (χ2v) is 3.36. The monoisotopic (exact) mass is 176 g/mol. The summed E-state index contributed by atoms with van der Waals surface area (Å²) in [6.07, 6.45) is 4.84. The minimum Gasteiger partial charge on any atom is -0.490 e. The lowest BCUT2D eigenvalue weighted by atomic mass is 9.96. The zero-order valence-corrected chi connectivity index (χ0v) is 7.40. The van der Waals surface area contributed by atoms with Gasteiger partial charge in [0.15, 0.2) is 0 Å². The Hall–Kier alpha value is -1.31. The molecule has 0 atom stereocenters. The lowest BCUT2D eigenvalue weighted by Gasteiger charge is -2.26. The Labute approximate surface area is 77.5 Å². The van der Waals surface area contributed by atoms with E-state index < -0.39 is 0 Å². The number of hydrogen-bond acceptors (Lipinski definition) is 2. The van der Waals surface area contributed by atoms with Crippen molar-refractivity contribution in [3.05, 3.63) is 29.8 Å². The zero-order valence-electron chi connectivity index (χ0n) is 7.40. The van der Waals surface area contributed by atoms with Crippen LogP contribution in [0.3, 0.4) is 0 Å². The first-order valence-corrected chi connectivity index (χ1v) is 4.60. The molecule has 1 aliphatic rings. The molecule has 0 amide bonds. The van der Waals surface area contributed by atoms with Crippen molar-refractivity contribution >= 4 is 6.29 Å². The van der Waals surface area contributed by atoms with Gasteiger partial charge in [0.2, 0.25) is 0 Å². The van der Waals surface area contributed by atoms with Crippen LogP contribution in [0.4, 0.5) is 0 Å². The van der Waals surface area contributed by atoms with Gasteiger partial charge in [0, 0.05) is 5.56 Å². The van der Waals surface area contributed by atoms with Crippen LogP contribution in [-0.2, 0) is 0 Å². The van der Waals surface area contributed by atoms with Crippen LogP contribution in [0.1, 0.15) is 29.6 Å². The fourth-order valence-corrected chi connectivity index (χ4v) is 1.31. The molecule has 0 heterocycles. The predicted octanol–water partition coefficient (Wildman–Crippen LogP) is 2.43. The maximum Gasteiger partial charge on any atom is 0.150 e. The second-order valence-electron chi connectivity index (χ2n) is 3.36. The fourth-order valence-electron chi connectivity index (χ4n) is 1.31. The molecule has 13 heavy (non-hydrogen) atoms. The molecule has 1 aromatic rings. The van der Waals surface area contributed by atoms with Crippen LogP contribution in [0.15, 0.2) is 24.3 Å². The van der Waals surface area contributed by atoms with Gasteiger partial charge in [-0.15, -0.1) is 0 Å². The maximum atomic E-state index is 10.4. The average molecular weight is 176 g/mol. The molecular formula is C11H12O2. The number of benzene rings is 1. The van der Waals surface area contributed by atoms with Crippen molar-refractivity contribution in [2.45, 2.75) is 25.4 Å². The number of carbonyl (C=O) groups excluding carboxylic acids is 1. The molecule has 2 heteroatoms. The van der Waals surface area contributed by atoms with E-state index in [4.69, 9.17) is 4.74 Å². The summed E-state index contributed by atoms with van der Waals surface area (Å²) < 4.78 is 5.63. The maximum absolute atomic E-state index is 10.4.